The van der Waals surface area contributed by atoms with Gasteiger partial charge in [-0.25, -0.2) is 4.98 Å². The summed E-state index contributed by atoms with van der Waals surface area (Å²) in [5.41, 5.74) is 8.29. The Hall–Kier alpha value is -1.16. The number of nitrogens with zero attached hydrogens (tertiary/aromatic N) is 2. The van der Waals surface area contributed by atoms with Crippen LogP contribution in [-0.4, -0.2) is 17.1 Å². The van der Waals surface area contributed by atoms with Crippen LogP contribution >= 0.6 is 0 Å². The van der Waals surface area contributed by atoms with Crippen LogP contribution in [0.5, 0.6) is 5.88 Å². The molecule has 1 heterocycles. The molecule has 1 aromatic rings. The highest BCUT2D eigenvalue weighted by Gasteiger charge is 2.35. The zero-order valence-electron chi connectivity index (χ0n) is 12.5. The molecule has 106 valence electrons. The molecule has 0 bridgehead atoms. The average molecular weight is 263 g/mol. The summed E-state index contributed by atoms with van der Waals surface area (Å²) in [5.74, 6) is 1.79. The minimum atomic E-state index is -0.316. The first-order chi connectivity index (χ1) is 8.98. The van der Waals surface area contributed by atoms with E-state index < -0.39 is 0 Å². The van der Waals surface area contributed by atoms with E-state index in [1.54, 1.807) is 7.11 Å². The summed E-state index contributed by atoms with van der Waals surface area (Å²) < 4.78 is 5.50. The van der Waals surface area contributed by atoms with E-state index in [2.05, 4.69) is 23.8 Å². The third kappa shape index (κ3) is 2.73. The van der Waals surface area contributed by atoms with Crippen molar-refractivity contribution in [2.24, 2.45) is 5.73 Å². The van der Waals surface area contributed by atoms with Crippen LogP contribution < -0.4 is 10.5 Å². The normalized spacial score (nSPS) is 18.6. The zero-order chi connectivity index (χ0) is 14.0. The number of aryl methyl sites for hydroxylation is 1. The molecular weight excluding hydrogens is 238 g/mol. The lowest BCUT2D eigenvalue weighted by atomic mass is 9.77. The van der Waals surface area contributed by atoms with Crippen LogP contribution in [0, 0.1) is 6.92 Å². The summed E-state index contributed by atoms with van der Waals surface area (Å²) in [7, 11) is 1.67. The molecule has 1 fully saturated rings. The molecule has 1 aliphatic rings. The SMILES string of the molecule is COc1nc(C(C)C)nc(C)c1C1(N)CCCCC1. The highest BCUT2D eigenvalue weighted by atomic mass is 16.5. The molecule has 0 unspecified atom stereocenters. The van der Waals surface area contributed by atoms with Gasteiger partial charge in [0.25, 0.3) is 0 Å². The Morgan fingerprint density at radius 3 is 2.32 bits per heavy atom. The monoisotopic (exact) mass is 263 g/mol. The van der Waals surface area contributed by atoms with Gasteiger partial charge in [-0.2, -0.15) is 4.98 Å². The Morgan fingerprint density at radius 1 is 1.16 bits per heavy atom. The van der Waals surface area contributed by atoms with Gasteiger partial charge in [0.15, 0.2) is 0 Å². The van der Waals surface area contributed by atoms with E-state index in [4.69, 9.17) is 10.5 Å². The summed E-state index contributed by atoms with van der Waals surface area (Å²) in [4.78, 5) is 9.19. The summed E-state index contributed by atoms with van der Waals surface area (Å²) >= 11 is 0. The van der Waals surface area contributed by atoms with Crippen molar-refractivity contribution in [1.82, 2.24) is 9.97 Å². The van der Waals surface area contributed by atoms with Crippen LogP contribution in [-0.2, 0) is 5.54 Å². The fraction of sp³-hybridized carbons (Fsp3) is 0.733. The maximum atomic E-state index is 6.62. The van der Waals surface area contributed by atoms with Crippen LogP contribution in [0.1, 0.15) is 69.0 Å². The second kappa shape index (κ2) is 5.45. The van der Waals surface area contributed by atoms with E-state index in [0.717, 1.165) is 29.9 Å². The maximum absolute atomic E-state index is 6.62. The molecule has 1 aliphatic carbocycles. The van der Waals surface area contributed by atoms with Crippen molar-refractivity contribution in [2.75, 3.05) is 7.11 Å². The van der Waals surface area contributed by atoms with Gasteiger partial charge < -0.3 is 10.5 Å². The predicted molar refractivity (Wildman–Crippen MR) is 76.4 cm³/mol. The summed E-state index contributed by atoms with van der Waals surface area (Å²) in [5, 5.41) is 0. The number of methoxy groups -OCH3 is 1. The molecule has 4 nitrogen and oxygen atoms in total. The molecule has 0 spiro atoms. The van der Waals surface area contributed by atoms with Crippen molar-refractivity contribution >= 4 is 0 Å². The van der Waals surface area contributed by atoms with Crippen molar-refractivity contribution in [1.29, 1.82) is 0 Å². The summed E-state index contributed by atoms with van der Waals surface area (Å²) in [6, 6.07) is 0. The molecule has 2 N–H and O–H groups in total. The molecule has 0 aromatic carbocycles. The van der Waals surface area contributed by atoms with E-state index in [-0.39, 0.29) is 5.54 Å². The molecule has 0 radical (unpaired) electrons. The van der Waals surface area contributed by atoms with Gasteiger partial charge in [-0.15, -0.1) is 0 Å². The molecule has 19 heavy (non-hydrogen) atoms. The Balaban J connectivity index is 2.49. The molecule has 0 amide bonds. The van der Waals surface area contributed by atoms with E-state index in [9.17, 15) is 0 Å². The van der Waals surface area contributed by atoms with Gasteiger partial charge >= 0.3 is 0 Å². The molecule has 1 aromatic heterocycles. The summed E-state index contributed by atoms with van der Waals surface area (Å²) in [6.45, 7) is 6.20. The molecule has 0 aliphatic heterocycles. The number of aromatic nitrogens is 2. The molecule has 0 atom stereocenters. The van der Waals surface area contributed by atoms with Crippen LogP contribution in [0.4, 0.5) is 0 Å². The van der Waals surface area contributed by atoms with Crippen molar-refractivity contribution in [2.45, 2.75) is 64.3 Å². The fourth-order valence-corrected chi connectivity index (χ4v) is 2.98. The lowest BCUT2D eigenvalue weighted by molar-refractivity contribution is 0.281. The Labute approximate surface area is 115 Å². The van der Waals surface area contributed by atoms with Crippen molar-refractivity contribution < 1.29 is 4.74 Å². The lowest BCUT2D eigenvalue weighted by Crippen LogP contribution is -2.40. The highest BCUT2D eigenvalue weighted by molar-refractivity contribution is 5.38. The van der Waals surface area contributed by atoms with Gasteiger partial charge in [-0.3, -0.25) is 0 Å². The Kier molecular flexibility index (Phi) is 4.09. The third-order valence-corrected chi connectivity index (χ3v) is 4.03. The number of nitrogens with two attached hydrogens (primary N) is 1. The zero-order valence-corrected chi connectivity index (χ0v) is 12.5. The van der Waals surface area contributed by atoms with Crippen molar-refractivity contribution in [3.63, 3.8) is 0 Å². The lowest BCUT2D eigenvalue weighted by Gasteiger charge is -2.35. The number of hydrogen-bond acceptors (Lipinski definition) is 4. The topological polar surface area (TPSA) is 61.0 Å². The largest absolute Gasteiger partial charge is 0.481 e. The smallest absolute Gasteiger partial charge is 0.221 e. The van der Waals surface area contributed by atoms with Gasteiger partial charge in [0, 0.05) is 17.2 Å². The summed E-state index contributed by atoms with van der Waals surface area (Å²) in [6.07, 6.45) is 5.60. The number of hydrogen-bond donors (Lipinski definition) is 1. The van der Waals surface area contributed by atoms with Gasteiger partial charge in [0.2, 0.25) is 5.88 Å². The van der Waals surface area contributed by atoms with Crippen LogP contribution in [0.25, 0.3) is 0 Å². The Morgan fingerprint density at radius 2 is 1.79 bits per heavy atom. The maximum Gasteiger partial charge on any atom is 0.221 e. The first kappa shape index (κ1) is 14.3. The van der Waals surface area contributed by atoms with Gasteiger partial charge in [-0.1, -0.05) is 33.1 Å². The molecular formula is C15H25N3O. The quantitative estimate of drug-likeness (QED) is 0.910. The van der Waals surface area contributed by atoms with Gasteiger partial charge in [0.1, 0.15) is 5.82 Å². The Bertz CT molecular complexity index is 451. The van der Waals surface area contributed by atoms with Crippen molar-refractivity contribution in [3.05, 3.63) is 17.1 Å². The third-order valence-electron chi connectivity index (χ3n) is 4.03. The van der Waals surface area contributed by atoms with E-state index in [1.807, 2.05) is 6.92 Å². The fourth-order valence-electron chi connectivity index (χ4n) is 2.98. The predicted octanol–water partition coefficient (Wildman–Crippen LogP) is 3.04. The molecule has 1 saturated carbocycles. The van der Waals surface area contributed by atoms with Gasteiger partial charge in [0.05, 0.1) is 12.7 Å². The molecule has 0 saturated heterocycles. The number of rotatable bonds is 3. The van der Waals surface area contributed by atoms with Crippen molar-refractivity contribution in [3.8, 4) is 5.88 Å². The first-order valence-electron chi connectivity index (χ1n) is 7.20. The van der Waals surface area contributed by atoms with Crippen LogP contribution in [0.2, 0.25) is 0 Å². The second-order valence-corrected chi connectivity index (χ2v) is 5.92. The second-order valence-electron chi connectivity index (χ2n) is 5.92. The van der Waals surface area contributed by atoms with E-state index >= 15 is 0 Å². The minimum Gasteiger partial charge on any atom is -0.481 e. The van der Waals surface area contributed by atoms with Crippen LogP contribution in [0.15, 0.2) is 0 Å². The van der Waals surface area contributed by atoms with E-state index in [0.29, 0.717) is 11.8 Å². The minimum absolute atomic E-state index is 0.293. The standard InChI is InChI=1S/C15H25N3O/c1-10(2)13-17-11(3)12(14(18-13)19-4)15(16)8-6-5-7-9-15/h10H,5-9,16H2,1-4H3. The highest BCUT2D eigenvalue weighted by Crippen LogP contribution is 2.40. The van der Waals surface area contributed by atoms with Gasteiger partial charge in [-0.05, 0) is 19.8 Å². The van der Waals surface area contributed by atoms with Crippen LogP contribution in [0.3, 0.4) is 0 Å². The first-order valence-corrected chi connectivity index (χ1v) is 7.20. The average Bonchev–Trinajstić information content (AvgIpc) is 2.38. The van der Waals surface area contributed by atoms with E-state index in [1.165, 1.54) is 19.3 Å². The number of ether oxygens (including phenoxy) is 1. The molecule has 2 rings (SSSR count). The molecule has 4 heteroatoms.